The second kappa shape index (κ2) is 9.70. The molecular formula is C16H16F9NO5. The third-order valence-electron chi connectivity index (χ3n) is 3.89. The monoisotopic (exact) mass is 473 g/mol. The molecule has 0 amide bonds. The Bertz CT molecular complexity index is 762. The average molecular weight is 473 g/mol. The van der Waals surface area contributed by atoms with Gasteiger partial charge in [-0.1, -0.05) is 6.92 Å². The van der Waals surface area contributed by atoms with E-state index in [-0.39, 0.29) is 12.5 Å². The summed E-state index contributed by atoms with van der Waals surface area (Å²) in [5, 5.41) is 9.11. The average Bonchev–Trinajstić information content (AvgIpc) is 2.55. The molecule has 0 radical (unpaired) electrons. The topological polar surface area (TPSA) is 91.0 Å². The van der Waals surface area contributed by atoms with Crippen molar-refractivity contribution in [3.05, 3.63) is 17.7 Å². The minimum absolute atomic E-state index is 0.156. The molecule has 31 heavy (non-hydrogen) atoms. The lowest BCUT2D eigenvalue weighted by Gasteiger charge is -2.26. The number of hydrogen-bond acceptors (Lipinski definition) is 5. The van der Waals surface area contributed by atoms with E-state index in [1.54, 1.807) is 0 Å². The second-order valence-corrected chi connectivity index (χ2v) is 6.06. The number of carboxylic acid groups (broad SMARTS) is 1. The summed E-state index contributed by atoms with van der Waals surface area (Å²) < 4.78 is 126. The summed E-state index contributed by atoms with van der Waals surface area (Å²) in [5.41, 5.74) is 4.17. The van der Waals surface area contributed by atoms with Crippen LogP contribution in [-0.2, 0) is 4.79 Å². The van der Waals surface area contributed by atoms with Crippen LogP contribution in [0.2, 0.25) is 0 Å². The Hall–Kier alpha value is -2.58. The first-order chi connectivity index (χ1) is 14.0. The van der Waals surface area contributed by atoms with Crippen LogP contribution in [0.25, 0.3) is 0 Å². The molecule has 0 bridgehead atoms. The van der Waals surface area contributed by atoms with Gasteiger partial charge in [-0.2, -0.15) is 0 Å². The van der Waals surface area contributed by atoms with Crippen LogP contribution in [0.5, 0.6) is 17.2 Å². The normalized spacial score (nSPS) is 14.7. The first kappa shape index (κ1) is 26.5. The number of alkyl halides is 9. The van der Waals surface area contributed by atoms with Crippen molar-refractivity contribution < 1.29 is 63.6 Å². The van der Waals surface area contributed by atoms with Gasteiger partial charge in [0.2, 0.25) is 0 Å². The summed E-state index contributed by atoms with van der Waals surface area (Å²) in [6.07, 6.45) is -17.5. The van der Waals surface area contributed by atoms with Gasteiger partial charge in [0.25, 0.3) is 0 Å². The van der Waals surface area contributed by atoms with Gasteiger partial charge in [0.15, 0.2) is 11.5 Å². The van der Waals surface area contributed by atoms with E-state index in [9.17, 15) is 44.3 Å². The number of carboxylic acids is 1. The summed E-state index contributed by atoms with van der Waals surface area (Å²) in [4.78, 5) is 11.2. The molecule has 178 valence electrons. The smallest absolute Gasteiger partial charge is 0.481 e. The fourth-order valence-electron chi connectivity index (χ4n) is 2.72. The van der Waals surface area contributed by atoms with Crippen LogP contribution in [0.1, 0.15) is 31.2 Å². The quantitative estimate of drug-likeness (QED) is 0.495. The largest absolute Gasteiger partial charge is 0.573 e. The lowest BCUT2D eigenvalue weighted by atomic mass is 9.85. The molecule has 15 heteroatoms. The molecule has 0 spiro atoms. The first-order valence-corrected chi connectivity index (χ1v) is 8.34. The zero-order valence-corrected chi connectivity index (χ0v) is 15.5. The molecule has 2 unspecified atom stereocenters. The number of benzene rings is 1. The number of ether oxygens (including phenoxy) is 3. The van der Waals surface area contributed by atoms with Crippen LogP contribution in [0.3, 0.4) is 0 Å². The van der Waals surface area contributed by atoms with E-state index in [2.05, 4.69) is 14.2 Å². The molecule has 3 N–H and O–H groups in total. The molecule has 0 aliphatic heterocycles. The van der Waals surface area contributed by atoms with Crippen LogP contribution in [0.15, 0.2) is 12.1 Å². The molecule has 1 aromatic rings. The van der Waals surface area contributed by atoms with Crippen molar-refractivity contribution in [1.82, 2.24) is 0 Å². The summed E-state index contributed by atoms with van der Waals surface area (Å²) >= 11 is 0. The minimum Gasteiger partial charge on any atom is -0.481 e. The Morgan fingerprint density at radius 1 is 0.935 bits per heavy atom. The molecule has 1 aromatic carbocycles. The standard InChI is InChI=1S/C16H16F9NO5/c1-2-7(5-8(6-26)13(27)28)11-9(29-14(17,18)19)3-4-10(30-15(20,21)22)12(11)31-16(23,24)25/h3-4,7-8H,2,5-6,26H2,1H3,(H,27,28). The Morgan fingerprint density at radius 3 is 1.77 bits per heavy atom. The van der Waals surface area contributed by atoms with Gasteiger partial charge in [-0.25, -0.2) is 0 Å². The van der Waals surface area contributed by atoms with Gasteiger partial charge in [0.05, 0.1) is 5.92 Å². The number of rotatable bonds is 9. The van der Waals surface area contributed by atoms with E-state index >= 15 is 0 Å². The van der Waals surface area contributed by atoms with Gasteiger partial charge in [0.1, 0.15) is 5.75 Å². The Morgan fingerprint density at radius 2 is 1.39 bits per heavy atom. The fraction of sp³-hybridized carbons (Fsp3) is 0.562. The van der Waals surface area contributed by atoms with Crippen LogP contribution >= 0.6 is 0 Å². The SMILES string of the molecule is CCC(CC(CN)C(=O)O)c1c(OC(F)(F)F)ccc(OC(F)(F)F)c1OC(F)(F)F. The van der Waals surface area contributed by atoms with E-state index < -0.39 is 72.7 Å². The number of carbonyl (C=O) groups is 1. The fourth-order valence-corrected chi connectivity index (χ4v) is 2.72. The number of halogens is 9. The maximum Gasteiger partial charge on any atom is 0.573 e. The predicted molar refractivity (Wildman–Crippen MR) is 84.3 cm³/mol. The molecule has 0 saturated carbocycles. The third-order valence-corrected chi connectivity index (χ3v) is 3.89. The van der Waals surface area contributed by atoms with Gasteiger partial charge in [-0.3, -0.25) is 4.79 Å². The highest BCUT2D eigenvalue weighted by molar-refractivity contribution is 5.70. The highest BCUT2D eigenvalue weighted by Crippen LogP contribution is 2.49. The minimum atomic E-state index is -5.63. The summed E-state index contributed by atoms with van der Waals surface area (Å²) in [6, 6.07) is 0.470. The van der Waals surface area contributed by atoms with Gasteiger partial charge < -0.3 is 25.1 Å². The summed E-state index contributed by atoms with van der Waals surface area (Å²) in [7, 11) is 0. The molecule has 1 rings (SSSR count). The maximum atomic E-state index is 12.9. The molecule has 0 aromatic heterocycles. The van der Waals surface area contributed by atoms with Crippen molar-refractivity contribution in [3.8, 4) is 17.2 Å². The van der Waals surface area contributed by atoms with Crippen molar-refractivity contribution in [1.29, 1.82) is 0 Å². The van der Waals surface area contributed by atoms with Crippen molar-refractivity contribution in [2.45, 2.75) is 44.8 Å². The van der Waals surface area contributed by atoms with E-state index in [4.69, 9.17) is 10.8 Å². The van der Waals surface area contributed by atoms with E-state index in [0.29, 0.717) is 6.07 Å². The van der Waals surface area contributed by atoms with Crippen molar-refractivity contribution in [2.75, 3.05) is 6.54 Å². The third kappa shape index (κ3) is 8.59. The Labute approximate surface area is 168 Å². The van der Waals surface area contributed by atoms with Gasteiger partial charge in [0, 0.05) is 12.1 Å². The van der Waals surface area contributed by atoms with Crippen LogP contribution < -0.4 is 19.9 Å². The molecule has 6 nitrogen and oxygen atoms in total. The number of aliphatic carboxylic acids is 1. The highest BCUT2D eigenvalue weighted by Gasteiger charge is 2.42. The first-order valence-electron chi connectivity index (χ1n) is 8.34. The highest BCUT2D eigenvalue weighted by atomic mass is 19.4. The molecule has 0 fully saturated rings. The molecular weight excluding hydrogens is 457 g/mol. The van der Waals surface area contributed by atoms with Crippen molar-refractivity contribution in [3.63, 3.8) is 0 Å². The van der Waals surface area contributed by atoms with Gasteiger partial charge >= 0.3 is 25.1 Å². The molecule has 0 aliphatic carbocycles. The van der Waals surface area contributed by atoms with Gasteiger partial charge in [-0.15, -0.1) is 39.5 Å². The zero-order chi connectivity index (χ0) is 24.2. The van der Waals surface area contributed by atoms with E-state index in [0.717, 1.165) is 0 Å². The van der Waals surface area contributed by atoms with E-state index in [1.165, 1.54) is 6.92 Å². The molecule has 0 heterocycles. The van der Waals surface area contributed by atoms with Crippen LogP contribution in [0.4, 0.5) is 39.5 Å². The molecule has 0 aliphatic rings. The van der Waals surface area contributed by atoms with Crippen molar-refractivity contribution >= 4 is 5.97 Å². The molecule has 0 saturated heterocycles. The Kier molecular flexibility index (Phi) is 8.28. The van der Waals surface area contributed by atoms with E-state index in [1.807, 2.05) is 0 Å². The summed E-state index contributed by atoms with van der Waals surface area (Å²) in [5.74, 6) is -9.08. The number of nitrogens with two attached hydrogens (primary N) is 1. The second-order valence-electron chi connectivity index (χ2n) is 6.06. The van der Waals surface area contributed by atoms with Crippen molar-refractivity contribution in [2.24, 2.45) is 11.7 Å². The zero-order valence-electron chi connectivity index (χ0n) is 15.5. The number of hydrogen-bond donors (Lipinski definition) is 2. The van der Waals surface area contributed by atoms with Gasteiger partial charge in [-0.05, 0) is 30.9 Å². The van der Waals surface area contributed by atoms with Crippen LogP contribution in [-0.4, -0.2) is 36.7 Å². The summed E-state index contributed by atoms with van der Waals surface area (Å²) in [6.45, 7) is 0.710. The van der Waals surface area contributed by atoms with Crippen LogP contribution in [0, 0.1) is 5.92 Å². The molecule has 2 atom stereocenters. The lowest BCUT2D eigenvalue weighted by Crippen LogP contribution is -2.27. The maximum absolute atomic E-state index is 12.9. The predicted octanol–water partition coefficient (Wildman–Crippen LogP) is 4.93. The lowest BCUT2D eigenvalue weighted by molar-refractivity contribution is -0.288. The Balaban J connectivity index is 3.78.